The van der Waals surface area contributed by atoms with Gasteiger partial charge in [0.15, 0.2) is 5.13 Å². The first-order chi connectivity index (χ1) is 8.20. The molecule has 2 aromatic rings. The molecule has 0 aliphatic heterocycles. The SMILES string of the molecule is CC(C)CN(CCN)c1nc2ccccc2s1. The molecule has 2 N–H and O–H groups in total. The zero-order valence-electron chi connectivity index (χ0n) is 10.4. The summed E-state index contributed by atoms with van der Waals surface area (Å²) in [5, 5.41) is 1.09. The van der Waals surface area contributed by atoms with Crippen LogP contribution in [0.5, 0.6) is 0 Å². The summed E-state index contributed by atoms with van der Waals surface area (Å²) in [5.74, 6) is 0.619. The highest BCUT2D eigenvalue weighted by molar-refractivity contribution is 7.22. The van der Waals surface area contributed by atoms with Crippen molar-refractivity contribution in [1.82, 2.24) is 4.98 Å². The smallest absolute Gasteiger partial charge is 0.186 e. The standard InChI is InChI=1S/C13H19N3S/c1-10(2)9-16(8-7-14)13-15-11-5-3-4-6-12(11)17-13/h3-6,10H,7-9,14H2,1-2H3. The van der Waals surface area contributed by atoms with Crippen LogP contribution in [0.25, 0.3) is 10.2 Å². The minimum atomic E-state index is 0.619. The Morgan fingerprint density at radius 2 is 2.12 bits per heavy atom. The van der Waals surface area contributed by atoms with E-state index in [-0.39, 0.29) is 0 Å². The highest BCUT2D eigenvalue weighted by Gasteiger charge is 2.12. The number of benzene rings is 1. The normalized spacial score (nSPS) is 11.3. The van der Waals surface area contributed by atoms with Crippen LogP contribution < -0.4 is 10.6 Å². The molecule has 92 valence electrons. The summed E-state index contributed by atoms with van der Waals surface area (Å²) in [5.41, 5.74) is 6.75. The molecule has 0 saturated heterocycles. The molecule has 3 nitrogen and oxygen atoms in total. The van der Waals surface area contributed by atoms with Crippen LogP contribution >= 0.6 is 11.3 Å². The van der Waals surface area contributed by atoms with E-state index < -0.39 is 0 Å². The third-order valence-electron chi connectivity index (χ3n) is 2.54. The van der Waals surface area contributed by atoms with Crippen molar-refractivity contribution in [3.63, 3.8) is 0 Å². The number of hydrogen-bond donors (Lipinski definition) is 1. The molecule has 0 radical (unpaired) electrons. The maximum Gasteiger partial charge on any atom is 0.186 e. The zero-order valence-corrected chi connectivity index (χ0v) is 11.2. The van der Waals surface area contributed by atoms with Gasteiger partial charge in [-0.2, -0.15) is 0 Å². The van der Waals surface area contributed by atoms with Crippen LogP contribution in [0.2, 0.25) is 0 Å². The van der Waals surface area contributed by atoms with Gasteiger partial charge in [0.05, 0.1) is 10.2 Å². The molecule has 1 heterocycles. The van der Waals surface area contributed by atoms with Crippen LogP contribution in [0.3, 0.4) is 0 Å². The average molecular weight is 249 g/mol. The third kappa shape index (κ3) is 2.96. The Labute approximate surface area is 106 Å². The van der Waals surface area contributed by atoms with Gasteiger partial charge in [0.2, 0.25) is 0 Å². The minimum absolute atomic E-state index is 0.619. The summed E-state index contributed by atoms with van der Waals surface area (Å²) in [7, 11) is 0. The van der Waals surface area contributed by atoms with Crippen LogP contribution in [0.15, 0.2) is 24.3 Å². The summed E-state index contributed by atoms with van der Waals surface area (Å²) < 4.78 is 1.24. The van der Waals surface area contributed by atoms with Gasteiger partial charge in [-0.1, -0.05) is 37.3 Å². The van der Waals surface area contributed by atoms with Gasteiger partial charge in [-0.05, 0) is 18.1 Å². The molecule has 0 spiro atoms. The number of para-hydroxylation sites is 1. The lowest BCUT2D eigenvalue weighted by molar-refractivity contribution is 0.611. The van der Waals surface area contributed by atoms with E-state index in [9.17, 15) is 0 Å². The Bertz CT molecular complexity index is 445. The van der Waals surface area contributed by atoms with Crippen molar-refractivity contribution < 1.29 is 0 Å². The monoisotopic (exact) mass is 249 g/mol. The first kappa shape index (κ1) is 12.3. The molecule has 0 amide bonds. The van der Waals surface area contributed by atoms with Crippen LogP contribution in [0.1, 0.15) is 13.8 Å². The molecule has 0 aliphatic rings. The van der Waals surface area contributed by atoms with Crippen molar-refractivity contribution >= 4 is 26.7 Å². The molecule has 1 aromatic carbocycles. The Hall–Kier alpha value is -1.13. The van der Waals surface area contributed by atoms with Crippen molar-refractivity contribution in [1.29, 1.82) is 0 Å². The molecule has 1 aromatic heterocycles. The molecule has 0 fully saturated rings. The van der Waals surface area contributed by atoms with Gasteiger partial charge in [0.25, 0.3) is 0 Å². The third-order valence-corrected chi connectivity index (χ3v) is 3.63. The van der Waals surface area contributed by atoms with Gasteiger partial charge >= 0.3 is 0 Å². The second-order valence-electron chi connectivity index (χ2n) is 4.59. The largest absolute Gasteiger partial charge is 0.347 e. The summed E-state index contributed by atoms with van der Waals surface area (Å²) in [6.07, 6.45) is 0. The van der Waals surface area contributed by atoms with E-state index in [1.54, 1.807) is 11.3 Å². The fraction of sp³-hybridized carbons (Fsp3) is 0.462. The second kappa shape index (κ2) is 5.47. The molecular weight excluding hydrogens is 230 g/mol. The van der Waals surface area contributed by atoms with Gasteiger partial charge in [-0.15, -0.1) is 0 Å². The van der Waals surface area contributed by atoms with E-state index in [2.05, 4.69) is 41.9 Å². The van der Waals surface area contributed by atoms with E-state index in [0.717, 1.165) is 23.7 Å². The molecule has 2 rings (SSSR count). The van der Waals surface area contributed by atoms with Crippen molar-refractivity contribution in [2.45, 2.75) is 13.8 Å². The maximum atomic E-state index is 5.67. The van der Waals surface area contributed by atoms with Crippen molar-refractivity contribution in [2.24, 2.45) is 11.7 Å². The van der Waals surface area contributed by atoms with Crippen LogP contribution in [-0.4, -0.2) is 24.6 Å². The number of nitrogens with two attached hydrogens (primary N) is 1. The predicted octanol–water partition coefficient (Wildman–Crippen LogP) is 2.72. The Morgan fingerprint density at radius 1 is 1.35 bits per heavy atom. The number of thiazole rings is 1. The van der Waals surface area contributed by atoms with E-state index in [1.807, 2.05) is 6.07 Å². The summed E-state index contributed by atoms with van der Waals surface area (Å²) in [4.78, 5) is 6.96. The summed E-state index contributed by atoms with van der Waals surface area (Å²) in [6.45, 7) is 6.99. The Kier molecular flexibility index (Phi) is 3.97. The van der Waals surface area contributed by atoms with Crippen LogP contribution in [-0.2, 0) is 0 Å². The van der Waals surface area contributed by atoms with Gasteiger partial charge in [0.1, 0.15) is 0 Å². The van der Waals surface area contributed by atoms with Crippen molar-refractivity contribution in [2.75, 3.05) is 24.5 Å². The lowest BCUT2D eigenvalue weighted by atomic mass is 10.2. The zero-order chi connectivity index (χ0) is 12.3. The van der Waals surface area contributed by atoms with Crippen LogP contribution in [0, 0.1) is 5.92 Å². The van der Waals surface area contributed by atoms with Gasteiger partial charge < -0.3 is 10.6 Å². The van der Waals surface area contributed by atoms with Gasteiger partial charge in [-0.3, -0.25) is 0 Å². The lowest BCUT2D eigenvalue weighted by Crippen LogP contribution is -2.32. The molecular formula is C13H19N3S. The summed E-state index contributed by atoms with van der Waals surface area (Å²) >= 11 is 1.75. The van der Waals surface area contributed by atoms with Gasteiger partial charge in [0, 0.05) is 19.6 Å². The van der Waals surface area contributed by atoms with Gasteiger partial charge in [-0.25, -0.2) is 4.98 Å². The average Bonchev–Trinajstić information content (AvgIpc) is 2.71. The molecule has 0 atom stereocenters. The second-order valence-corrected chi connectivity index (χ2v) is 5.60. The molecule has 0 unspecified atom stereocenters. The Balaban J connectivity index is 2.27. The first-order valence-corrected chi connectivity index (χ1v) is 6.83. The number of aromatic nitrogens is 1. The van der Waals surface area contributed by atoms with Crippen molar-refractivity contribution in [3.8, 4) is 0 Å². The van der Waals surface area contributed by atoms with E-state index in [0.29, 0.717) is 12.5 Å². The first-order valence-electron chi connectivity index (χ1n) is 6.01. The number of anilines is 1. The number of rotatable bonds is 5. The van der Waals surface area contributed by atoms with Crippen LogP contribution in [0.4, 0.5) is 5.13 Å². The van der Waals surface area contributed by atoms with E-state index >= 15 is 0 Å². The van der Waals surface area contributed by atoms with Crippen molar-refractivity contribution in [3.05, 3.63) is 24.3 Å². The predicted molar refractivity (Wildman–Crippen MR) is 75.7 cm³/mol. The highest BCUT2D eigenvalue weighted by atomic mass is 32.1. The minimum Gasteiger partial charge on any atom is -0.347 e. The molecule has 0 aliphatic carbocycles. The Morgan fingerprint density at radius 3 is 2.76 bits per heavy atom. The molecule has 17 heavy (non-hydrogen) atoms. The molecule has 0 saturated carbocycles. The fourth-order valence-electron chi connectivity index (χ4n) is 1.86. The lowest BCUT2D eigenvalue weighted by Gasteiger charge is -2.22. The number of hydrogen-bond acceptors (Lipinski definition) is 4. The fourth-order valence-corrected chi connectivity index (χ4v) is 2.86. The molecule has 4 heteroatoms. The molecule has 0 bridgehead atoms. The maximum absolute atomic E-state index is 5.67. The van der Waals surface area contributed by atoms with E-state index in [1.165, 1.54) is 4.70 Å². The number of fused-ring (bicyclic) bond motifs is 1. The summed E-state index contributed by atoms with van der Waals surface area (Å²) in [6, 6.07) is 8.26. The quantitative estimate of drug-likeness (QED) is 0.886. The topological polar surface area (TPSA) is 42.1 Å². The number of nitrogens with zero attached hydrogens (tertiary/aromatic N) is 2. The highest BCUT2D eigenvalue weighted by Crippen LogP contribution is 2.28. The van der Waals surface area contributed by atoms with E-state index in [4.69, 9.17) is 5.73 Å².